The number of esters is 1. The molecule has 7 nitrogen and oxygen atoms in total. The van der Waals surface area contributed by atoms with Gasteiger partial charge in [-0.05, 0) is 96.7 Å². The van der Waals surface area contributed by atoms with Crippen LogP contribution in [0.1, 0.15) is 13.3 Å². The van der Waals surface area contributed by atoms with Gasteiger partial charge in [-0.2, -0.15) is 5.26 Å². The Kier molecular flexibility index (Phi) is 12.6. The van der Waals surface area contributed by atoms with Gasteiger partial charge in [-0.25, -0.2) is 4.79 Å². The number of hydrogen-bond donors (Lipinski definition) is 0. The zero-order valence-corrected chi connectivity index (χ0v) is 26.0. The molecule has 0 aliphatic carbocycles. The monoisotopic (exact) mass is 516 g/mol. The van der Waals surface area contributed by atoms with E-state index in [1.54, 1.807) is 13.0 Å². The van der Waals surface area contributed by atoms with Gasteiger partial charge in [-0.3, -0.25) is 0 Å². The van der Waals surface area contributed by atoms with E-state index in [0.717, 1.165) is 19.0 Å². The molecule has 0 saturated carbocycles. The second kappa shape index (κ2) is 13.0. The van der Waals surface area contributed by atoms with Gasteiger partial charge in [0.15, 0.2) is 16.6 Å². The van der Waals surface area contributed by atoms with Crippen molar-refractivity contribution in [3.63, 3.8) is 0 Å². The SMILES string of the molecule is CCOC(=O)C(C#N)=CC=CN(C)CCC[Si](C)(O[Si](C)(C)C)O[Si](C)(C)O[Si](C)(C)C. The van der Waals surface area contributed by atoms with Gasteiger partial charge in [0, 0.05) is 13.6 Å². The Hall–Kier alpha value is -1.01. The van der Waals surface area contributed by atoms with Gasteiger partial charge < -0.3 is 22.0 Å². The third-order valence-electron chi connectivity index (χ3n) is 3.90. The molecule has 0 aromatic heterocycles. The van der Waals surface area contributed by atoms with Crippen LogP contribution in [0.3, 0.4) is 0 Å². The predicted molar refractivity (Wildman–Crippen MR) is 141 cm³/mol. The van der Waals surface area contributed by atoms with Gasteiger partial charge in [0.05, 0.1) is 6.61 Å². The van der Waals surface area contributed by atoms with Crippen molar-refractivity contribution in [3.05, 3.63) is 23.9 Å². The fraction of sp³-hybridized carbons (Fsp3) is 0.714. The number of carbonyl (C=O) groups is 1. The molecule has 0 bridgehead atoms. The molecule has 0 amide bonds. The fourth-order valence-corrected chi connectivity index (χ4v) is 21.4. The molecule has 11 heteroatoms. The summed E-state index contributed by atoms with van der Waals surface area (Å²) in [4.78, 5) is 13.7. The van der Waals surface area contributed by atoms with Crippen LogP contribution >= 0.6 is 0 Å². The minimum atomic E-state index is -2.41. The molecule has 0 aromatic carbocycles. The highest BCUT2D eigenvalue weighted by Gasteiger charge is 2.44. The maximum Gasteiger partial charge on any atom is 0.348 e. The average Bonchev–Trinajstić information content (AvgIpc) is 2.53. The highest BCUT2D eigenvalue weighted by atomic mass is 28.5. The highest BCUT2D eigenvalue weighted by molar-refractivity contribution is 6.89. The first-order valence-electron chi connectivity index (χ1n) is 11.2. The number of nitriles is 1. The average molecular weight is 517 g/mol. The number of rotatable bonds is 14. The molecule has 0 radical (unpaired) electrons. The van der Waals surface area contributed by atoms with Gasteiger partial charge in [-0.1, -0.05) is 0 Å². The predicted octanol–water partition coefficient (Wildman–Crippen LogP) is 5.33. The number of ether oxygens (including phenoxy) is 1. The summed E-state index contributed by atoms with van der Waals surface area (Å²) in [6, 6.07) is 2.75. The number of allylic oxidation sites excluding steroid dienone is 2. The van der Waals surface area contributed by atoms with Crippen LogP contribution in [-0.4, -0.2) is 64.8 Å². The van der Waals surface area contributed by atoms with Crippen molar-refractivity contribution in [3.8, 4) is 6.07 Å². The Morgan fingerprint density at radius 2 is 1.53 bits per heavy atom. The standard InChI is InChI=1S/C21H44N2O5Si4/c1-12-25-21(24)20(19-22)15-13-16-23(2)17-14-18-32(11,27-30(6,7)8)28-31(9,10)26-29(3,4)5/h13,15-16H,12,14,17-18H2,1-11H3. The van der Waals surface area contributed by atoms with E-state index in [4.69, 9.17) is 22.3 Å². The normalized spacial score (nSPS) is 15.4. The summed E-state index contributed by atoms with van der Waals surface area (Å²) in [5.41, 5.74) is -0.0111. The van der Waals surface area contributed by atoms with Gasteiger partial charge in [0.25, 0.3) is 0 Å². The summed E-state index contributed by atoms with van der Waals surface area (Å²) in [5, 5.41) is 9.08. The molecule has 0 aromatic rings. The Morgan fingerprint density at radius 1 is 0.969 bits per heavy atom. The van der Waals surface area contributed by atoms with Crippen LogP contribution in [0, 0.1) is 11.3 Å². The zero-order chi connectivity index (χ0) is 25.2. The van der Waals surface area contributed by atoms with Crippen molar-refractivity contribution in [1.82, 2.24) is 4.90 Å². The van der Waals surface area contributed by atoms with Crippen LogP contribution < -0.4 is 0 Å². The molecule has 0 fully saturated rings. The lowest BCUT2D eigenvalue weighted by molar-refractivity contribution is -0.138. The molecular formula is C21H44N2O5Si4. The van der Waals surface area contributed by atoms with Crippen LogP contribution in [0.4, 0.5) is 0 Å². The van der Waals surface area contributed by atoms with Gasteiger partial charge in [-0.15, -0.1) is 0 Å². The van der Waals surface area contributed by atoms with Crippen molar-refractivity contribution in [2.75, 3.05) is 20.2 Å². The van der Waals surface area contributed by atoms with Crippen molar-refractivity contribution in [1.29, 1.82) is 5.26 Å². The van der Waals surface area contributed by atoms with E-state index in [-0.39, 0.29) is 12.2 Å². The number of hydrogen-bond acceptors (Lipinski definition) is 7. The molecule has 0 heterocycles. The van der Waals surface area contributed by atoms with Crippen molar-refractivity contribution >= 4 is 39.7 Å². The molecule has 32 heavy (non-hydrogen) atoms. The molecule has 1 atom stereocenters. The van der Waals surface area contributed by atoms with Crippen molar-refractivity contribution in [2.24, 2.45) is 0 Å². The molecule has 0 saturated heterocycles. The Bertz CT molecular complexity index is 708. The molecule has 0 aliphatic heterocycles. The first-order chi connectivity index (χ1) is 14.4. The van der Waals surface area contributed by atoms with E-state index in [1.165, 1.54) is 6.08 Å². The molecule has 0 N–H and O–H groups in total. The minimum Gasteiger partial charge on any atom is -0.462 e. The summed E-state index contributed by atoms with van der Waals surface area (Å²) < 4.78 is 24.6. The summed E-state index contributed by atoms with van der Waals surface area (Å²) in [6.45, 7) is 22.4. The highest BCUT2D eigenvalue weighted by Crippen LogP contribution is 2.27. The lowest BCUT2D eigenvalue weighted by atomic mass is 10.3. The lowest BCUT2D eigenvalue weighted by Crippen LogP contribution is -2.56. The lowest BCUT2D eigenvalue weighted by Gasteiger charge is -2.41. The second-order valence-corrected chi connectivity index (χ2v) is 26.9. The smallest absolute Gasteiger partial charge is 0.348 e. The molecule has 0 rings (SSSR count). The third kappa shape index (κ3) is 14.9. The van der Waals surface area contributed by atoms with E-state index in [2.05, 4.69) is 58.9 Å². The molecule has 0 aliphatic rings. The quantitative estimate of drug-likeness (QED) is 0.101. The third-order valence-corrected chi connectivity index (χ3v) is 17.4. The van der Waals surface area contributed by atoms with Crippen molar-refractivity contribution in [2.45, 2.75) is 78.3 Å². The summed E-state index contributed by atoms with van der Waals surface area (Å²) >= 11 is 0. The largest absolute Gasteiger partial charge is 0.462 e. The van der Waals surface area contributed by atoms with E-state index in [9.17, 15) is 4.79 Å². The van der Waals surface area contributed by atoms with E-state index in [1.807, 2.05) is 24.2 Å². The number of carbonyl (C=O) groups excluding carboxylic acids is 1. The van der Waals surface area contributed by atoms with E-state index >= 15 is 0 Å². The Balaban J connectivity index is 5.09. The zero-order valence-electron chi connectivity index (χ0n) is 22.0. The molecule has 184 valence electrons. The Labute approximate surface area is 200 Å². The second-order valence-electron chi connectivity index (χ2n) is 10.4. The maximum atomic E-state index is 11.7. The molecule has 0 spiro atoms. The fourth-order valence-electron chi connectivity index (χ4n) is 3.42. The summed E-state index contributed by atoms with van der Waals surface area (Å²) in [5.74, 6) is -0.600. The van der Waals surface area contributed by atoms with Gasteiger partial charge in [0.1, 0.15) is 11.6 Å². The van der Waals surface area contributed by atoms with Crippen LogP contribution in [0.2, 0.25) is 65.0 Å². The number of nitrogens with zero attached hydrogens (tertiary/aromatic N) is 2. The maximum absolute atomic E-state index is 11.7. The van der Waals surface area contributed by atoms with Crippen LogP contribution in [0.25, 0.3) is 0 Å². The summed E-state index contributed by atoms with van der Waals surface area (Å²) in [6.07, 6.45) is 5.94. The van der Waals surface area contributed by atoms with E-state index < -0.39 is 39.7 Å². The van der Waals surface area contributed by atoms with Crippen LogP contribution in [0.5, 0.6) is 0 Å². The topological polar surface area (TPSA) is 81.0 Å². The summed E-state index contributed by atoms with van der Waals surface area (Å²) in [7, 11) is -6.23. The molecular weight excluding hydrogens is 473 g/mol. The van der Waals surface area contributed by atoms with E-state index in [0.29, 0.717) is 0 Å². The minimum absolute atomic E-state index is 0.0111. The molecule has 1 unspecified atom stereocenters. The van der Waals surface area contributed by atoms with Crippen molar-refractivity contribution < 1.29 is 21.9 Å². The Morgan fingerprint density at radius 3 is 2.00 bits per heavy atom. The van der Waals surface area contributed by atoms with Crippen LogP contribution in [0.15, 0.2) is 23.9 Å². The van der Waals surface area contributed by atoms with Crippen LogP contribution in [-0.2, 0) is 21.9 Å². The first-order valence-corrected chi connectivity index (χ1v) is 23.3. The van der Waals surface area contributed by atoms with Gasteiger partial charge >= 0.3 is 23.1 Å². The first kappa shape index (κ1) is 31.0. The van der Waals surface area contributed by atoms with Gasteiger partial charge in [0.2, 0.25) is 0 Å².